The van der Waals surface area contributed by atoms with Crippen molar-refractivity contribution in [3.05, 3.63) is 64.1 Å². The molecular formula is C17H13BrF2O3. The highest BCUT2D eigenvalue weighted by Gasteiger charge is 2.14. The lowest BCUT2D eigenvalue weighted by Crippen LogP contribution is -2.05. The molecule has 0 aliphatic carbocycles. The van der Waals surface area contributed by atoms with Crippen LogP contribution in [-0.2, 0) is 0 Å². The molecule has 2 aromatic carbocycles. The summed E-state index contributed by atoms with van der Waals surface area (Å²) in [7, 11) is 1.36. The van der Waals surface area contributed by atoms with Crippen LogP contribution in [0.3, 0.4) is 0 Å². The maximum Gasteiger partial charge on any atom is 0.387 e. The number of allylic oxidation sites excluding steroid dienone is 1. The molecule has 0 radical (unpaired) electrons. The first-order valence-electron chi connectivity index (χ1n) is 6.61. The average Bonchev–Trinajstić information content (AvgIpc) is 2.53. The largest absolute Gasteiger partial charge is 0.493 e. The molecule has 0 atom stereocenters. The van der Waals surface area contributed by atoms with Gasteiger partial charge in [-0.25, -0.2) is 0 Å². The Morgan fingerprint density at radius 1 is 1.17 bits per heavy atom. The Labute approximate surface area is 140 Å². The van der Waals surface area contributed by atoms with Crippen molar-refractivity contribution in [3.8, 4) is 11.5 Å². The third-order valence-electron chi connectivity index (χ3n) is 2.98. The first kappa shape index (κ1) is 17.1. The molecule has 2 rings (SSSR count). The van der Waals surface area contributed by atoms with E-state index >= 15 is 0 Å². The molecule has 23 heavy (non-hydrogen) atoms. The Morgan fingerprint density at radius 2 is 1.87 bits per heavy atom. The van der Waals surface area contributed by atoms with Crippen LogP contribution in [-0.4, -0.2) is 19.5 Å². The van der Waals surface area contributed by atoms with Gasteiger partial charge in [-0.1, -0.05) is 28.1 Å². The molecule has 6 heteroatoms. The zero-order chi connectivity index (χ0) is 16.8. The van der Waals surface area contributed by atoms with Crippen LogP contribution < -0.4 is 9.47 Å². The second kappa shape index (κ2) is 7.87. The van der Waals surface area contributed by atoms with Crippen LogP contribution in [0.1, 0.15) is 15.9 Å². The molecule has 0 N–H and O–H groups in total. The van der Waals surface area contributed by atoms with Gasteiger partial charge in [-0.2, -0.15) is 8.78 Å². The standard InChI is InChI=1S/C17H13BrF2O3/c1-22-15-4-2-3-12(16(15)23-17(19)20)7-10-14(21)11-5-8-13(18)9-6-11/h2-10,17H,1H3/b10-7+. The van der Waals surface area contributed by atoms with E-state index in [-0.39, 0.29) is 17.3 Å². The van der Waals surface area contributed by atoms with Crippen molar-refractivity contribution < 1.29 is 23.0 Å². The number of hydrogen-bond donors (Lipinski definition) is 0. The number of ether oxygens (including phenoxy) is 2. The van der Waals surface area contributed by atoms with Crippen molar-refractivity contribution in [3.63, 3.8) is 0 Å². The zero-order valence-electron chi connectivity index (χ0n) is 12.1. The van der Waals surface area contributed by atoms with Crippen molar-refractivity contribution in [2.75, 3.05) is 7.11 Å². The first-order chi connectivity index (χ1) is 11.0. The molecule has 0 aromatic heterocycles. The zero-order valence-corrected chi connectivity index (χ0v) is 13.7. The summed E-state index contributed by atoms with van der Waals surface area (Å²) < 4.78 is 35.5. The summed E-state index contributed by atoms with van der Waals surface area (Å²) in [6, 6.07) is 11.5. The van der Waals surface area contributed by atoms with E-state index in [4.69, 9.17) is 4.74 Å². The number of carbonyl (C=O) groups is 1. The van der Waals surface area contributed by atoms with Gasteiger partial charge < -0.3 is 9.47 Å². The molecule has 0 saturated carbocycles. The number of hydrogen-bond acceptors (Lipinski definition) is 3. The Morgan fingerprint density at radius 3 is 2.48 bits per heavy atom. The number of rotatable bonds is 6. The van der Waals surface area contributed by atoms with Crippen LogP contribution in [0.4, 0.5) is 8.78 Å². The third kappa shape index (κ3) is 4.63. The van der Waals surface area contributed by atoms with Gasteiger partial charge in [0.1, 0.15) is 0 Å². The number of methoxy groups -OCH3 is 1. The highest BCUT2D eigenvalue weighted by molar-refractivity contribution is 9.10. The van der Waals surface area contributed by atoms with Crippen LogP contribution in [0.15, 0.2) is 53.0 Å². The maximum absolute atomic E-state index is 12.5. The molecule has 0 amide bonds. The normalized spacial score (nSPS) is 11.0. The fourth-order valence-electron chi connectivity index (χ4n) is 1.92. The molecule has 0 aliphatic heterocycles. The van der Waals surface area contributed by atoms with Crippen molar-refractivity contribution >= 4 is 27.8 Å². The fourth-order valence-corrected chi connectivity index (χ4v) is 2.18. The van der Waals surface area contributed by atoms with Crippen LogP contribution in [0.5, 0.6) is 11.5 Å². The van der Waals surface area contributed by atoms with Gasteiger partial charge in [0.05, 0.1) is 7.11 Å². The monoisotopic (exact) mass is 382 g/mol. The molecule has 0 unspecified atom stereocenters. The molecular weight excluding hydrogens is 370 g/mol. The van der Waals surface area contributed by atoms with Crippen LogP contribution in [0.25, 0.3) is 6.08 Å². The Kier molecular flexibility index (Phi) is 5.87. The summed E-state index contributed by atoms with van der Waals surface area (Å²) in [5.41, 5.74) is 0.818. The summed E-state index contributed by atoms with van der Waals surface area (Å²) in [4.78, 5) is 12.1. The number of benzene rings is 2. The Hall–Kier alpha value is -2.21. The quantitative estimate of drug-likeness (QED) is 0.523. The highest BCUT2D eigenvalue weighted by Crippen LogP contribution is 2.33. The minimum atomic E-state index is -2.99. The van der Waals surface area contributed by atoms with Gasteiger partial charge in [-0.15, -0.1) is 0 Å². The fraction of sp³-hybridized carbons (Fsp3) is 0.118. The summed E-state index contributed by atoms with van der Waals surface area (Å²) >= 11 is 3.29. The van der Waals surface area contributed by atoms with Gasteiger partial charge in [-0.3, -0.25) is 4.79 Å². The molecule has 2 aromatic rings. The van der Waals surface area contributed by atoms with E-state index in [1.165, 1.54) is 25.3 Å². The van der Waals surface area contributed by atoms with Crippen molar-refractivity contribution in [1.29, 1.82) is 0 Å². The minimum Gasteiger partial charge on any atom is -0.493 e. The smallest absolute Gasteiger partial charge is 0.387 e. The second-order valence-corrected chi connectivity index (χ2v) is 5.38. The number of ketones is 1. The van der Waals surface area contributed by atoms with Crippen LogP contribution in [0, 0.1) is 0 Å². The third-order valence-corrected chi connectivity index (χ3v) is 3.51. The van der Waals surface area contributed by atoms with E-state index in [1.807, 2.05) is 0 Å². The van der Waals surface area contributed by atoms with E-state index in [9.17, 15) is 13.6 Å². The van der Waals surface area contributed by atoms with Gasteiger partial charge >= 0.3 is 6.61 Å². The van der Waals surface area contributed by atoms with Gasteiger partial charge in [0.2, 0.25) is 0 Å². The Balaban J connectivity index is 2.28. The van der Waals surface area contributed by atoms with Gasteiger partial charge in [-0.05, 0) is 42.5 Å². The first-order valence-corrected chi connectivity index (χ1v) is 7.40. The van der Waals surface area contributed by atoms with E-state index in [0.29, 0.717) is 11.1 Å². The predicted octanol–water partition coefficient (Wildman–Crippen LogP) is 4.96. The number of halogens is 3. The van der Waals surface area contributed by atoms with Crippen molar-refractivity contribution in [2.45, 2.75) is 6.61 Å². The lowest BCUT2D eigenvalue weighted by Gasteiger charge is -2.12. The lowest BCUT2D eigenvalue weighted by atomic mass is 10.1. The summed E-state index contributed by atoms with van der Waals surface area (Å²) in [6.07, 6.45) is 2.72. The minimum absolute atomic E-state index is 0.107. The molecule has 0 aliphatic rings. The maximum atomic E-state index is 12.5. The molecule has 0 fully saturated rings. The van der Waals surface area contributed by atoms with Crippen LogP contribution in [0.2, 0.25) is 0 Å². The summed E-state index contributed by atoms with van der Waals surface area (Å²) in [5, 5.41) is 0. The molecule has 0 spiro atoms. The van der Waals surface area contributed by atoms with Gasteiger partial charge in [0, 0.05) is 15.6 Å². The summed E-state index contributed by atoms with van der Waals surface area (Å²) in [6.45, 7) is -2.99. The average molecular weight is 383 g/mol. The highest BCUT2D eigenvalue weighted by atomic mass is 79.9. The van der Waals surface area contributed by atoms with E-state index < -0.39 is 6.61 Å². The summed E-state index contributed by atoms with van der Waals surface area (Å²) in [5.74, 6) is -0.184. The number of carbonyl (C=O) groups excluding carboxylic acids is 1. The van der Waals surface area contributed by atoms with Gasteiger partial charge in [0.25, 0.3) is 0 Å². The van der Waals surface area contributed by atoms with Crippen LogP contribution >= 0.6 is 15.9 Å². The molecule has 0 heterocycles. The Bertz CT molecular complexity index is 712. The lowest BCUT2D eigenvalue weighted by molar-refractivity contribution is -0.0513. The van der Waals surface area contributed by atoms with Crippen molar-refractivity contribution in [1.82, 2.24) is 0 Å². The molecule has 0 saturated heterocycles. The van der Waals surface area contributed by atoms with Crippen molar-refractivity contribution in [2.24, 2.45) is 0 Å². The van der Waals surface area contributed by atoms with E-state index in [1.54, 1.807) is 36.4 Å². The topological polar surface area (TPSA) is 35.5 Å². The number of para-hydroxylation sites is 1. The second-order valence-electron chi connectivity index (χ2n) is 4.46. The predicted molar refractivity (Wildman–Crippen MR) is 87.1 cm³/mol. The van der Waals surface area contributed by atoms with E-state index in [2.05, 4.69) is 20.7 Å². The molecule has 120 valence electrons. The SMILES string of the molecule is COc1cccc(/C=C/C(=O)c2ccc(Br)cc2)c1OC(F)F. The molecule has 0 bridgehead atoms. The number of alkyl halides is 2. The molecule has 3 nitrogen and oxygen atoms in total. The van der Waals surface area contributed by atoms with E-state index in [0.717, 1.165) is 4.47 Å². The van der Waals surface area contributed by atoms with Gasteiger partial charge in [0.15, 0.2) is 17.3 Å².